The van der Waals surface area contributed by atoms with Crippen molar-refractivity contribution in [2.24, 2.45) is 0 Å². The molecule has 0 unspecified atom stereocenters. The number of likely N-dealkylation sites (tertiary alicyclic amines) is 1. The highest BCUT2D eigenvalue weighted by Crippen LogP contribution is 2.40. The molecule has 2 fully saturated rings. The summed E-state index contributed by atoms with van der Waals surface area (Å²) < 4.78 is 52.8. The summed E-state index contributed by atoms with van der Waals surface area (Å²) in [6.45, 7) is -1.48. The molecule has 1 aliphatic heterocycles. The molecule has 2 aromatic heterocycles. The Morgan fingerprint density at radius 2 is 1.97 bits per heavy atom. The van der Waals surface area contributed by atoms with Gasteiger partial charge < -0.3 is 14.8 Å². The molecule has 1 saturated heterocycles. The Balaban J connectivity index is 1.21. The number of aromatic nitrogens is 3. The number of benzene rings is 2. The smallest absolute Gasteiger partial charge is 0.284 e. The lowest BCUT2D eigenvalue weighted by molar-refractivity contribution is 0.102. The number of carbonyl (C=O) groups excluding carboxylic acids is 1. The van der Waals surface area contributed by atoms with Gasteiger partial charge in [-0.1, -0.05) is 6.07 Å². The van der Waals surface area contributed by atoms with Gasteiger partial charge in [-0.25, -0.2) is 18.7 Å². The average Bonchev–Trinajstić information content (AvgIpc) is 3.46. The minimum absolute atomic E-state index is 0.0269. The first-order chi connectivity index (χ1) is 18.7. The first-order valence-corrected chi connectivity index (χ1v) is 12.7. The zero-order chi connectivity index (χ0) is 27.3. The van der Waals surface area contributed by atoms with Crippen molar-refractivity contribution in [3.05, 3.63) is 76.4 Å². The van der Waals surface area contributed by atoms with E-state index in [1.807, 2.05) is 0 Å². The van der Waals surface area contributed by atoms with Gasteiger partial charge in [-0.15, -0.1) is 11.3 Å². The van der Waals surface area contributed by atoms with E-state index in [1.165, 1.54) is 29.2 Å². The van der Waals surface area contributed by atoms with E-state index in [0.717, 1.165) is 41.9 Å². The van der Waals surface area contributed by atoms with E-state index >= 15 is 0 Å². The van der Waals surface area contributed by atoms with Gasteiger partial charge in [0.15, 0.2) is 5.01 Å². The molecule has 0 atom stereocenters. The predicted octanol–water partition coefficient (Wildman–Crippen LogP) is 5.96. The van der Waals surface area contributed by atoms with Gasteiger partial charge in [-0.3, -0.25) is 4.79 Å². The summed E-state index contributed by atoms with van der Waals surface area (Å²) in [5, 5.41) is 4.55. The van der Waals surface area contributed by atoms with Crippen LogP contribution < -0.4 is 5.32 Å². The van der Waals surface area contributed by atoms with E-state index in [4.69, 9.17) is 4.11 Å². The van der Waals surface area contributed by atoms with Crippen molar-refractivity contribution in [2.45, 2.75) is 31.2 Å². The molecule has 1 aliphatic carbocycles. The Kier molecular flexibility index (Phi) is 5.05. The van der Waals surface area contributed by atoms with Gasteiger partial charge >= 0.3 is 0 Å². The van der Waals surface area contributed by atoms with E-state index < -0.39 is 18.7 Å². The molecule has 4 aromatic rings. The molecular weight excluding hydrogens is 480 g/mol. The number of thiazole rings is 1. The molecule has 1 N–H and O–H groups in total. The lowest BCUT2D eigenvalue weighted by atomic mass is 9.92. The largest absolute Gasteiger partial charge is 0.326 e. The summed E-state index contributed by atoms with van der Waals surface area (Å²) in [6.07, 6.45) is 4.94. The van der Waals surface area contributed by atoms with Crippen LogP contribution in [-0.2, 0) is 0 Å². The van der Waals surface area contributed by atoms with Crippen LogP contribution in [0, 0.1) is 11.6 Å². The number of anilines is 1. The number of imidazole rings is 1. The van der Waals surface area contributed by atoms with E-state index in [1.54, 1.807) is 29.9 Å². The minimum Gasteiger partial charge on any atom is -0.326 e. The zero-order valence-corrected chi connectivity index (χ0v) is 20.1. The average molecular weight is 509 g/mol. The number of hydrogen-bond acceptors (Lipinski definition) is 5. The molecule has 184 valence electrons. The number of hydrogen-bond donors (Lipinski definition) is 1. The summed E-state index contributed by atoms with van der Waals surface area (Å²) in [6, 6.07) is 10.9. The molecule has 9 heteroatoms. The number of amides is 1. The van der Waals surface area contributed by atoms with Crippen molar-refractivity contribution in [2.75, 3.05) is 25.4 Å². The van der Waals surface area contributed by atoms with E-state index in [0.29, 0.717) is 30.0 Å². The van der Waals surface area contributed by atoms with Crippen molar-refractivity contribution in [1.82, 2.24) is 19.4 Å². The fraction of sp³-hybridized carbons (Fsp3) is 0.296. The van der Waals surface area contributed by atoms with Crippen LogP contribution in [0.3, 0.4) is 0 Å². The van der Waals surface area contributed by atoms with Gasteiger partial charge in [0, 0.05) is 40.1 Å². The maximum atomic E-state index is 14.9. The van der Waals surface area contributed by atoms with Crippen molar-refractivity contribution in [1.29, 1.82) is 0 Å². The number of nitrogens with zero attached hydrogens (tertiary/aromatic N) is 4. The quantitative estimate of drug-likeness (QED) is 0.349. The van der Waals surface area contributed by atoms with Crippen LogP contribution >= 0.6 is 11.3 Å². The van der Waals surface area contributed by atoms with Crippen LogP contribution in [0.5, 0.6) is 0 Å². The van der Waals surface area contributed by atoms with Crippen molar-refractivity contribution in [3.63, 3.8) is 0 Å². The van der Waals surface area contributed by atoms with Crippen LogP contribution in [0.1, 0.15) is 50.7 Å². The van der Waals surface area contributed by atoms with Crippen LogP contribution in [0.4, 0.5) is 14.5 Å². The lowest BCUT2D eigenvalue weighted by Crippen LogP contribution is -2.41. The minimum atomic E-state index is -2.15. The Bertz CT molecular complexity index is 1530. The second-order valence-corrected chi connectivity index (χ2v) is 10.1. The summed E-state index contributed by atoms with van der Waals surface area (Å²) in [4.78, 5) is 23.5. The van der Waals surface area contributed by atoms with Crippen molar-refractivity contribution in [3.8, 4) is 22.6 Å². The van der Waals surface area contributed by atoms with Crippen molar-refractivity contribution >= 4 is 22.9 Å². The first-order valence-electron chi connectivity index (χ1n) is 13.3. The standard InChI is InChI=1S/C27H25F2N5OS/c1-33-12-18(13-33)17-7-10-22(21(29)11-17)31-26(35)27-32-23(14-36-27)25-24(16-5-8-19(28)9-6-16)30-15-34(25)20-3-2-4-20/h5-11,14-15,18,20H,2-4,12-13H2,1H3,(H,31,35)/i1D3. The number of rotatable bonds is 6. The second-order valence-electron chi connectivity index (χ2n) is 9.27. The lowest BCUT2D eigenvalue weighted by Gasteiger charge is -2.36. The molecule has 1 saturated carbocycles. The summed E-state index contributed by atoms with van der Waals surface area (Å²) >= 11 is 1.15. The van der Waals surface area contributed by atoms with Crippen LogP contribution in [-0.4, -0.2) is 45.4 Å². The molecule has 6 rings (SSSR count). The topological polar surface area (TPSA) is 63.1 Å². The van der Waals surface area contributed by atoms with E-state index in [2.05, 4.69) is 19.9 Å². The van der Waals surface area contributed by atoms with Crippen molar-refractivity contribution < 1.29 is 17.7 Å². The Labute approximate surface area is 215 Å². The van der Waals surface area contributed by atoms with Crippen LogP contribution in [0.15, 0.2) is 54.2 Å². The summed E-state index contributed by atoms with van der Waals surface area (Å²) in [7, 11) is 0. The molecule has 1 amide bonds. The zero-order valence-electron chi connectivity index (χ0n) is 22.2. The highest BCUT2D eigenvalue weighted by atomic mass is 32.1. The fourth-order valence-electron chi connectivity index (χ4n) is 4.61. The Hall–Kier alpha value is -3.43. The number of halogens is 2. The number of nitrogens with one attached hydrogen (secondary N) is 1. The van der Waals surface area contributed by atoms with Gasteiger partial charge in [0.1, 0.15) is 17.3 Å². The SMILES string of the molecule is [2H]C([2H])([2H])N1CC(c2ccc(NC(=O)c3nc(-c4c(-c5ccc(F)cc5)ncn4C4CCC4)cs3)c(F)c2)C1. The van der Waals surface area contributed by atoms with E-state index in [-0.39, 0.29) is 28.5 Å². The predicted molar refractivity (Wildman–Crippen MR) is 136 cm³/mol. The maximum Gasteiger partial charge on any atom is 0.284 e. The molecular formula is C27H25F2N5OS. The number of carbonyl (C=O) groups is 1. The molecule has 0 bridgehead atoms. The highest BCUT2D eigenvalue weighted by Gasteiger charge is 2.28. The maximum absolute atomic E-state index is 14.9. The van der Waals surface area contributed by atoms with Gasteiger partial charge in [-0.05, 0) is 68.2 Å². The molecule has 36 heavy (non-hydrogen) atoms. The Morgan fingerprint density at radius 1 is 1.17 bits per heavy atom. The summed E-state index contributed by atoms with van der Waals surface area (Å²) in [5.74, 6) is -1.53. The third kappa shape index (κ3) is 4.22. The van der Waals surface area contributed by atoms with E-state index in [9.17, 15) is 13.6 Å². The molecule has 2 aliphatic rings. The van der Waals surface area contributed by atoms with Gasteiger partial charge in [0.05, 0.1) is 23.4 Å². The van der Waals surface area contributed by atoms with Gasteiger partial charge in [-0.2, -0.15) is 0 Å². The van der Waals surface area contributed by atoms with Crippen LogP contribution in [0.2, 0.25) is 0 Å². The normalized spacial score (nSPS) is 18.1. The molecule has 2 aromatic carbocycles. The third-order valence-electron chi connectivity index (χ3n) is 6.91. The fourth-order valence-corrected chi connectivity index (χ4v) is 5.31. The van der Waals surface area contributed by atoms with Gasteiger partial charge in [0.2, 0.25) is 0 Å². The number of likely N-dealkylation sites (N-methyl/N-ethyl adjacent to an activating group) is 1. The third-order valence-corrected chi connectivity index (χ3v) is 7.76. The molecule has 0 radical (unpaired) electrons. The second kappa shape index (κ2) is 9.22. The molecule has 0 spiro atoms. The first kappa shape index (κ1) is 19.7. The highest BCUT2D eigenvalue weighted by molar-refractivity contribution is 7.12. The van der Waals surface area contributed by atoms with Crippen LogP contribution in [0.25, 0.3) is 22.6 Å². The molecule has 6 nitrogen and oxygen atoms in total. The van der Waals surface area contributed by atoms with Gasteiger partial charge in [0.25, 0.3) is 5.91 Å². The Morgan fingerprint density at radius 3 is 2.67 bits per heavy atom. The monoisotopic (exact) mass is 508 g/mol. The summed E-state index contributed by atoms with van der Waals surface area (Å²) in [5.41, 5.74) is 3.48. The molecule has 3 heterocycles.